The molecule has 0 saturated heterocycles. The van der Waals surface area contributed by atoms with Crippen LogP contribution in [-0.4, -0.2) is 34.5 Å². The van der Waals surface area contributed by atoms with Gasteiger partial charge in [0.2, 0.25) is 5.91 Å². The number of nitrogens with zero attached hydrogens (tertiary/aromatic N) is 2. The summed E-state index contributed by atoms with van der Waals surface area (Å²) < 4.78 is 4.91. The van der Waals surface area contributed by atoms with Crippen LogP contribution in [0.3, 0.4) is 0 Å². The molecule has 128 valence electrons. The third-order valence-electron chi connectivity index (χ3n) is 3.70. The van der Waals surface area contributed by atoms with Crippen LogP contribution in [0, 0.1) is 6.92 Å². The van der Waals surface area contributed by atoms with Crippen molar-refractivity contribution >= 4 is 29.2 Å². The van der Waals surface area contributed by atoms with Crippen molar-refractivity contribution in [3.63, 3.8) is 0 Å². The van der Waals surface area contributed by atoms with E-state index in [0.717, 1.165) is 0 Å². The molecule has 0 spiro atoms. The SMILES string of the molecule is CC[C@H](C)N(CC(=O)Nc1cc(C)on1)C(=O)c1ccccc1Cl. The van der Waals surface area contributed by atoms with Crippen LogP contribution in [0.2, 0.25) is 5.02 Å². The minimum Gasteiger partial charge on any atom is -0.360 e. The van der Waals surface area contributed by atoms with E-state index < -0.39 is 0 Å². The largest absolute Gasteiger partial charge is 0.360 e. The van der Waals surface area contributed by atoms with Crippen LogP contribution in [0.15, 0.2) is 34.9 Å². The molecule has 1 aromatic heterocycles. The number of halogens is 1. The van der Waals surface area contributed by atoms with Crippen LogP contribution < -0.4 is 5.32 Å². The van der Waals surface area contributed by atoms with Gasteiger partial charge in [-0.3, -0.25) is 9.59 Å². The van der Waals surface area contributed by atoms with Gasteiger partial charge in [-0.15, -0.1) is 0 Å². The number of carbonyl (C=O) groups is 2. The number of hydrogen-bond acceptors (Lipinski definition) is 4. The van der Waals surface area contributed by atoms with Gasteiger partial charge in [-0.1, -0.05) is 35.8 Å². The quantitative estimate of drug-likeness (QED) is 0.865. The van der Waals surface area contributed by atoms with E-state index in [1.807, 2.05) is 13.8 Å². The monoisotopic (exact) mass is 349 g/mol. The van der Waals surface area contributed by atoms with Crippen molar-refractivity contribution in [2.75, 3.05) is 11.9 Å². The second-order valence-corrected chi connectivity index (χ2v) is 5.95. The highest BCUT2D eigenvalue weighted by atomic mass is 35.5. The van der Waals surface area contributed by atoms with E-state index in [9.17, 15) is 9.59 Å². The Bertz CT molecular complexity index is 729. The predicted molar refractivity (Wildman–Crippen MR) is 92.1 cm³/mol. The first-order valence-corrected chi connectivity index (χ1v) is 8.08. The maximum absolute atomic E-state index is 12.8. The van der Waals surface area contributed by atoms with E-state index in [1.54, 1.807) is 37.3 Å². The summed E-state index contributed by atoms with van der Waals surface area (Å²) >= 11 is 6.11. The molecule has 1 atom stereocenters. The zero-order valence-electron chi connectivity index (χ0n) is 13.9. The molecule has 2 rings (SSSR count). The van der Waals surface area contributed by atoms with Gasteiger partial charge in [0.05, 0.1) is 10.6 Å². The van der Waals surface area contributed by atoms with Crippen molar-refractivity contribution in [1.29, 1.82) is 0 Å². The van der Waals surface area contributed by atoms with Crippen LogP contribution in [0.5, 0.6) is 0 Å². The molecule has 0 radical (unpaired) electrons. The standard InChI is InChI=1S/C17H20ClN3O3/c1-4-11(2)21(17(23)13-7-5-6-8-14(13)18)10-16(22)19-15-9-12(3)24-20-15/h5-9,11H,4,10H2,1-3H3,(H,19,20,22)/t11-/m0/s1. The maximum Gasteiger partial charge on any atom is 0.256 e. The molecule has 0 fully saturated rings. The molecule has 0 aliphatic heterocycles. The zero-order valence-corrected chi connectivity index (χ0v) is 14.6. The Kier molecular flexibility index (Phi) is 5.98. The number of anilines is 1. The zero-order chi connectivity index (χ0) is 17.7. The van der Waals surface area contributed by atoms with Crippen molar-refractivity contribution in [3.8, 4) is 0 Å². The molecule has 1 N–H and O–H groups in total. The Labute approximate surface area is 145 Å². The minimum absolute atomic E-state index is 0.0923. The second-order valence-electron chi connectivity index (χ2n) is 5.54. The van der Waals surface area contributed by atoms with Gasteiger partial charge in [0, 0.05) is 12.1 Å². The third-order valence-corrected chi connectivity index (χ3v) is 4.03. The Balaban J connectivity index is 2.15. The number of benzene rings is 1. The van der Waals surface area contributed by atoms with Crippen LogP contribution in [0.1, 0.15) is 36.4 Å². The van der Waals surface area contributed by atoms with Gasteiger partial charge in [-0.2, -0.15) is 0 Å². The van der Waals surface area contributed by atoms with Gasteiger partial charge in [0.25, 0.3) is 5.91 Å². The summed E-state index contributed by atoms with van der Waals surface area (Å²) in [6.45, 7) is 5.48. The van der Waals surface area contributed by atoms with Gasteiger partial charge in [0.1, 0.15) is 12.3 Å². The average molecular weight is 350 g/mol. The molecular weight excluding hydrogens is 330 g/mol. The first-order valence-electron chi connectivity index (χ1n) is 7.71. The number of hydrogen-bond donors (Lipinski definition) is 1. The topological polar surface area (TPSA) is 75.4 Å². The fourth-order valence-electron chi connectivity index (χ4n) is 2.20. The lowest BCUT2D eigenvalue weighted by molar-refractivity contribution is -0.117. The number of aryl methyl sites for hydroxylation is 1. The van der Waals surface area contributed by atoms with Crippen LogP contribution in [0.25, 0.3) is 0 Å². The number of aromatic nitrogens is 1. The summed E-state index contributed by atoms with van der Waals surface area (Å²) in [4.78, 5) is 26.5. The molecule has 7 heteroatoms. The Morgan fingerprint density at radius 1 is 1.38 bits per heavy atom. The average Bonchev–Trinajstić information content (AvgIpc) is 2.96. The maximum atomic E-state index is 12.8. The van der Waals surface area contributed by atoms with E-state index in [0.29, 0.717) is 28.6 Å². The summed E-state index contributed by atoms with van der Waals surface area (Å²) in [5, 5.41) is 6.70. The minimum atomic E-state index is -0.344. The lowest BCUT2D eigenvalue weighted by atomic mass is 10.1. The van der Waals surface area contributed by atoms with E-state index >= 15 is 0 Å². The first-order chi connectivity index (χ1) is 11.4. The Hall–Kier alpha value is -2.34. The fraction of sp³-hybridized carbons (Fsp3) is 0.353. The Morgan fingerprint density at radius 2 is 2.08 bits per heavy atom. The van der Waals surface area contributed by atoms with E-state index in [1.165, 1.54) is 4.90 Å². The van der Waals surface area contributed by atoms with Crippen LogP contribution >= 0.6 is 11.6 Å². The van der Waals surface area contributed by atoms with Crippen LogP contribution in [0.4, 0.5) is 5.82 Å². The fourth-order valence-corrected chi connectivity index (χ4v) is 2.42. The first kappa shape index (κ1) is 18.0. The third kappa shape index (κ3) is 4.35. The van der Waals surface area contributed by atoms with Gasteiger partial charge >= 0.3 is 0 Å². The molecule has 0 aliphatic rings. The predicted octanol–water partition coefficient (Wildman–Crippen LogP) is 3.52. The van der Waals surface area contributed by atoms with Crippen molar-refractivity contribution in [2.45, 2.75) is 33.2 Å². The summed E-state index contributed by atoms with van der Waals surface area (Å²) in [5.41, 5.74) is 0.379. The lowest BCUT2D eigenvalue weighted by Gasteiger charge is -2.28. The number of carbonyl (C=O) groups excluding carboxylic acids is 2. The lowest BCUT2D eigenvalue weighted by Crippen LogP contribution is -2.43. The van der Waals surface area contributed by atoms with Gasteiger partial charge in [0.15, 0.2) is 5.82 Å². The van der Waals surface area contributed by atoms with Gasteiger partial charge in [-0.05, 0) is 32.4 Å². The molecule has 0 unspecified atom stereocenters. The highest BCUT2D eigenvalue weighted by Gasteiger charge is 2.24. The van der Waals surface area contributed by atoms with Crippen molar-refractivity contribution in [3.05, 3.63) is 46.7 Å². The van der Waals surface area contributed by atoms with Crippen molar-refractivity contribution < 1.29 is 14.1 Å². The number of rotatable bonds is 6. The summed E-state index contributed by atoms with van der Waals surface area (Å²) in [6.07, 6.45) is 0.715. The molecule has 2 amide bonds. The Morgan fingerprint density at radius 3 is 2.67 bits per heavy atom. The van der Waals surface area contributed by atoms with Crippen molar-refractivity contribution in [1.82, 2.24) is 10.1 Å². The highest BCUT2D eigenvalue weighted by molar-refractivity contribution is 6.33. The van der Waals surface area contributed by atoms with Crippen LogP contribution in [-0.2, 0) is 4.79 Å². The molecule has 24 heavy (non-hydrogen) atoms. The van der Waals surface area contributed by atoms with E-state index in [2.05, 4.69) is 10.5 Å². The number of amides is 2. The van der Waals surface area contributed by atoms with E-state index in [4.69, 9.17) is 16.1 Å². The highest BCUT2D eigenvalue weighted by Crippen LogP contribution is 2.19. The smallest absolute Gasteiger partial charge is 0.256 e. The molecule has 0 saturated carbocycles. The molecule has 6 nitrogen and oxygen atoms in total. The van der Waals surface area contributed by atoms with Gasteiger partial charge < -0.3 is 14.7 Å². The van der Waals surface area contributed by atoms with E-state index in [-0.39, 0.29) is 24.4 Å². The van der Waals surface area contributed by atoms with Gasteiger partial charge in [-0.25, -0.2) is 0 Å². The molecule has 0 aliphatic carbocycles. The molecule has 2 aromatic rings. The molecule has 1 aromatic carbocycles. The molecule has 1 heterocycles. The molecular formula is C17H20ClN3O3. The summed E-state index contributed by atoms with van der Waals surface area (Å²) in [5.74, 6) is 0.299. The van der Waals surface area contributed by atoms with Crippen molar-refractivity contribution in [2.24, 2.45) is 0 Å². The summed E-state index contributed by atoms with van der Waals surface area (Å²) in [7, 11) is 0. The summed E-state index contributed by atoms with van der Waals surface area (Å²) in [6, 6.07) is 8.30. The molecule has 0 bridgehead atoms. The second kappa shape index (κ2) is 7.97. The normalized spacial score (nSPS) is 11.8. The number of nitrogens with one attached hydrogen (secondary N) is 1.